The summed E-state index contributed by atoms with van der Waals surface area (Å²) in [5.41, 5.74) is 4.92. The highest BCUT2D eigenvalue weighted by Gasteiger charge is 2.44. The summed E-state index contributed by atoms with van der Waals surface area (Å²) >= 11 is 3.58. The molecular formula is C25H15BrO2. The van der Waals surface area contributed by atoms with Gasteiger partial charge in [-0.1, -0.05) is 82.7 Å². The molecule has 0 spiro atoms. The van der Waals surface area contributed by atoms with Crippen LogP contribution in [0, 0.1) is 0 Å². The average molecular weight is 427 g/mol. The molecule has 1 atom stereocenters. The molecule has 0 fully saturated rings. The van der Waals surface area contributed by atoms with Gasteiger partial charge in [0.05, 0.1) is 0 Å². The normalized spacial score (nSPS) is 17.8. The quantitative estimate of drug-likeness (QED) is 0.327. The molecule has 4 aromatic carbocycles. The Balaban J connectivity index is 1.77. The van der Waals surface area contributed by atoms with Crippen molar-refractivity contribution in [1.29, 1.82) is 0 Å². The Morgan fingerprint density at radius 3 is 2.32 bits per heavy atom. The lowest BCUT2D eigenvalue weighted by Gasteiger charge is -2.26. The highest BCUT2D eigenvalue weighted by atomic mass is 79.9. The van der Waals surface area contributed by atoms with Gasteiger partial charge >= 0.3 is 0 Å². The molecular weight excluding hydrogens is 412 g/mol. The van der Waals surface area contributed by atoms with Gasteiger partial charge in [-0.05, 0) is 29.3 Å². The van der Waals surface area contributed by atoms with Gasteiger partial charge in [0.1, 0.15) is 16.8 Å². The molecule has 5 aromatic rings. The van der Waals surface area contributed by atoms with Crippen LogP contribution in [0.1, 0.15) is 16.7 Å². The second kappa shape index (κ2) is 5.57. The van der Waals surface area contributed by atoms with Gasteiger partial charge in [0.15, 0.2) is 0 Å². The van der Waals surface area contributed by atoms with Gasteiger partial charge in [-0.3, -0.25) is 0 Å². The molecule has 1 heterocycles. The summed E-state index contributed by atoms with van der Waals surface area (Å²) in [6.07, 6.45) is 0. The van der Waals surface area contributed by atoms with Crippen LogP contribution in [0.2, 0.25) is 0 Å². The van der Waals surface area contributed by atoms with Crippen molar-refractivity contribution < 1.29 is 9.52 Å². The summed E-state index contributed by atoms with van der Waals surface area (Å²) in [4.78, 5) is 0. The fourth-order valence-corrected chi connectivity index (χ4v) is 4.91. The van der Waals surface area contributed by atoms with Crippen molar-refractivity contribution in [3.63, 3.8) is 0 Å². The van der Waals surface area contributed by atoms with E-state index in [0.717, 1.165) is 54.2 Å². The minimum atomic E-state index is -1.27. The van der Waals surface area contributed by atoms with Crippen molar-refractivity contribution in [3.8, 4) is 11.1 Å². The Morgan fingerprint density at radius 1 is 0.679 bits per heavy atom. The molecule has 0 bridgehead atoms. The van der Waals surface area contributed by atoms with E-state index in [1.165, 1.54) is 0 Å². The minimum absolute atomic E-state index is 0.730. The molecule has 0 saturated carbocycles. The average Bonchev–Trinajstić information content (AvgIpc) is 3.23. The third kappa shape index (κ3) is 1.95. The predicted molar refractivity (Wildman–Crippen MR) is 115 cm³/mol. The van der Waals surface area contributed by atoms with Crippen LogP contribution in [0.4, 0.5) is 0 Å². The molecule has 0 radical (unpaired) electrons. The smallest absolute Gasteiger partial charge is 0.145 e. The van der Waals surface area contributed by atoms with Crippen LogP contribution in [-0.2, 0) is 5.60 Å². The molecule has 3 heteroatoms. The summed E-state index contributed by atoms with van der Waals surface area (Å²) < 4.78 is 7.19. The van der Waals surface area contributed by atoms with Gasteiger partial charge in [-0.15, -0.1) is 0 Å². The van der Waals surface area contributed by atoms with E-state index in [1.807, 2.05) is 60.7 Å². The van der Waals surface area contributed by atoms with Crippen LogP contribution in [0.5, 0.6) is 0 Å². The van der Waals surface area contributed by atoms with Crippen LogP contribution in [0.15, 0.2) is 93.8 Å². The van der Waals surface area contributed by atoms with Crippen molar-refractivity contribution >= 4 is 37.9 Å². The first-order chi connectivity index (χ1) is 13.7. The van der Waals surface area contributed by atoms with Crippen molar-refractivity contribution in [1.82, 2.24) is 0 Å². The number of rotatable bonds is 1. The summed E-state index contributed by atoms with van der Waals surface area (Å²) in [6, 6.07) is 28.2. The third-order valence-corrected chi connectivity index (χ3v) is 6.27. The number of aliphatic hydroxyl groups is 1. The van der Waals surface area contributed by atoms with Crippen molar-refractivity contribution in [2.75, 3.05) is 0 Å². The molecule has 2 nitrogen and oxygen atoms in total. The zero-order chi connectivity index (χ0) is 18.9. The number of hydrogen-bond donors (Lipinski definition) is 1. The van der Waals surface area contributed by atoms with E-state index >= 15 is 0 Å². The second-order valence-corrected chi connectivity index (χ2v) is 8.14. The van der Waals surface area contributed by atoms with Crippen molar-refractivity contribution in [2.24, 2.45) is 0 Å². The standard InChI is InChI=1S/C25H15BrO2/c26-15-12-13-17-16-6-1-3-9-20(16)25(27,22(17)14-15)21-10-5-8-19-18-7-2-4-11-23(18)28-24(19)21/h1-14,27H. The fraction of sp³-hybridized carbons (Fsp3) is 0.0400. The topological polar surface area (TPSA) is 33.4 Å². The van der Waals surface area contributed by atoms with E-state index in [0.29, 0.717) is 0 Å². The summed E-state index contributed by atoms with van der Waals surface area (Å²) in [6.45, 7) is 0. The first-order valence-corrected chi connectivity index (χ1v) is 10.0. The van der Waals surface area contributed by atoms with Crippen molar-refractivity contribution in [2.45, 2.75) is 5.60 Å². The Bertz CT molecular complexity index is 1400. The highest BCUT2D eigenvalue weighted by molar-refractivity contribution is 9.10. The number of hydrogen-bond acceptors (Lipinski definition) is 2. The number of furan rings is 1. The van der Waals surface area contributed by atoms with Gasteiger partial charge in [0.2, 0.25) is 0 Å². The predicted octanol–water partition coefficient (Wildman–Crippen LogP) is 6.61. The molecule has 6 rings (SSSR count). The highest BCUT2D eigenvalue weighted by Crippen LogP contribution is 2.53. The molecule has 134 valence electrons. The van der Waals surface area contributed by atoms with Crippen LogP contribution < -0.4 is 0 Å². The monoisotopic (exact) mass is 426 g/mol. The third-order valence-electron chi connectivity index (χ3n) is 5.77. The Labute approximate surface area is 170 Å². The Morgan fingerprint density at radius 2 is 1.39 bits per heavy atom. The van der Waals surface area contributed by atoms with Gasteiger partial charge in [-0.2, -0.15) is 0 Å². The van der Waals surface area contributed by atoms with E-state index < -0.39 is 5.60 Å². The maximum absolute atomic E-state index is 12.2. The van der Waals surface area contributed by atoms with Crippen LogP contribution in [-0.4, -0.2) is 5.11 Å². The number of fused-ring (bicyclic) bond motifs is 6. The van der Waals surface area contributed by atoms with E-state index in [9.17, 15) is 5.11 Å². The van der Waals surface area contributed by atoms with Gasteiger partial charge in [-0.25, -0.2) is 0 Å². The summed E-state index contributed by atoms with van der Waals surface area (Å²) in [5, 5.41) is 14.3. The molecule has 1 aliphatic rings. The molecule has 1 aliphatic carbocycles. The van der Waals surface area contributed by atoms with Gasteiger partial charge < -0.3 is 9.52 Å². The minimum Gasteiger partial charge on any atom is -0.456 e. The molecule has 0 saturated heterocycles. The molecule has 28 heavy (non-hydrogen) atoms. The number of para-hydroxylation sites is 2. The largest absolute Gasteiger partial charge is 0.456 e. The Hall–Kier alpha value is -2.88. The lowest BCUT2D eigenvalue weighted by Crippen LogP contribution is -2.26. The van der Waals surface area contributed by atoms with Gasteiger partial charge in [0, 0.05) is 31.9 Å². The van der Waals surface area contributed by atoms with Crippen LogP contribution in [0.25, 0.3) is 33.1 Å². The van der Waals surface area contributed by atoms with E-state index in [4.69, 9.17) is 4.42 Å². The number of halogens is 1. The molecule has 0 aliphatic heterocycles. The van der Waals surface area contributed by atoms with E-state index in [1.54, 1.807) is 0 Å². The second-order valence-electron chi connectivity index (χ2n) is 7.23. The fourth-order valence-electron chi connectivity index (χ4n) is 4.55. The first kappa shape index (κ1) is 16.1. The van der Waals surface area contributed by atoms with E-state index in [2.05, 4.69) is 40.2 Å². The first-order valence-electron chi connectivity index (χ1n) is 9.21. The van der Waals surface area contributed by atoms with Crippen LogP contribution >= 0.6 is 15.9 Å². The zero-order valence-corrected chi connectivity index (χ0v) is 16.4. The molecule has 1 unspecified atom stereocenters. The Kier molecular flexibility index (Phi) is 3.20. The lowest BCUT2D eigenvalue weighted by molar-refractivity contribution is 0.131. The summed E-state index contributed by atoms with van der Waals surface area (Å²) in [5.74, 6) is 0. The summed E-state index contributed by atoms with van der Waals surface area (Å²) in [7, 11) is 0. The van der Waals surface area contributed by atoms with E-state index in [-0.39, 0.29) is 0 Å². The molecule has 1 aromatic heterocycles. The SMILES string of the molecule is OC1(c2cccc3c2oc2ccccc23)c2ccccc2-c2ccc(Br)cc21. The lowest BCUT2D eigenvalue weighted by atomic mass is 9.83. The molecule has 1 N–H and O–H groups in total. The zero-order valence-electron chi connectivity index (χ0n) is 14.8. The maximum atomic E-state index is 12.2. The molecule has 0 amide bonds. The van der Waals surface area contributed by atoms with Gasteiger partial charge in [0.25, 0.3) is 0 Å². The van der Waals surface area contributed by atoms with Crippen molar-refractivity contribution in [3.05, 3.63) is 106 Å². The van der Waals surface area contributed by atoms with Crippen LogP contribution in [0.3, 0.4) is 0 Å². The maximum Gasteiger partial charge on any atom is 0.145 e. The number of benzene rings is 4.